The average molecular weight is 259 g/mol. The molecule has 0 bridgehead atoms. The Labute approximate surface area is 106 Å². The number of carboxylic acids is 1. The van der Waals surface area contributed by atoms with E-state index < -0.39 is 23.2 Å². The van der Waals surface area contributed by atoms with Gasteiger partial charge < -0.3 is 20.3 Å². The first-order chi connectivity index (χ1) is 8.42. The normalized spacial score (nSPS) is 24.6. The van der Waals surface area contributed by atoms with Gasteiger partial charge in [-0.25, -0.2) is 0 Å². The van der Waals surface area contributed by atoms with E-state index in [1.165, 1.54) is 0 Å². The first-order valence-corrected chi connectivity index (χ1v) is 6.12. The third-order valence-corrected chi connectivity index (χ3v) is 3.38. The summed E-state index contributed by atoms with van der Waals surface area (Å²) in [5, 5.41) is 20.2. The highest BCUT2D eigenvalue weighted by molar-refractivity contribution is 5.91. The maximum atomic E-state index is 11.8. The van der Waals surface area contributed by atoms with Crippen LogP contribution < -0.4 is 5.32 Å². The van der Waals surface area contributed by atoms with Gasteiger partial charge in [0.25, 0.3) is 0 Å². The molecule has 1 saturated carbocycles. The minimum atomic E-state index is -0.911. The number of hydrogen-bond acceptors (Lipinski definition) is 4. The number of amides is 1. The van der Waals surface area contributed by atoms with Crippen molar-refractivity contribution in [3.05, 3.63) is 0 Å². The Bertz CT molecular complexity index is 316. The second kappa shape index (κ2) is 6.15. The Morgan fingerprint density at radius 3 is 2.44 bits per heavy atom. The maximum absolute atomic E-state index is 11.8. The predicted octanol–water partition coefficient (Wildman–Crippen LogP) is -0.142. The number of rotatable bonds is 8. The van der Waals surface area contributed by atoms with Gasteiger partial charge in [-0.2, -0.15) is 0 Å². The molecule has 104 valence electrons. The van der Waals surface area contributed by atoms with Crippen molar-refractivity contribution in [2.75, 3.05) is 26.4 Å². The lowest BCUT2D eigenvalue weighted by atomic mass is 10.1. The van der Waals surface area contributed by atoms with E-state index in [0.717, 1.165) is 0 Å². The minimum Gasteiger partial charge on any atom is -0.481 e. The molecule has 1 amide bonds. The summed E-state index contributed by atoms with van der Waals surface area (Å²) in [6, 6.07) is 0. The van der Waals surface area contributed by atoms with Gasteiger partial charge in [-0.15, -0.1) is 0 Å². The Hall–Kier alpha value is -1.14. The van der Waals surface area contributed by atoms with Gasteiger partial charge in [-0.3, -0.25) is 9.59 Å². The molecule has 3 N–H and O–H groups in total. The van der Waals surface area contributed by atoms with Gasteiger partial charge in [0.15, 0.2) is 0 Å². The Morgan fingerprint density at radius 2 is 1.94 bits per heavy atom. The SMILES string of the molecule is CC1(C)[C@H](C(=O)O)[C@@H]1C(=O)NCCCOCCO. The molecule has 18 heavy (non-hydrogen) atoms. The van der Waals surface area contributed by atoms with E-state index in [4.69, 9.17) is 14.9 Å². The van der Waals surface area contributed by atoms with E-state index in [0.29, 0.717) is 26.2 Å². The van der Waals surface area contributed by atoms with Crippen LogP contribution in [0.15, 0.2) is 0 Å². The summed E-state index contributed by atoms with van der Waals surface area (Å²) in [7, 11) is 0. The van der Waals surface area contributed by atoms with Gasteiger partial charge in [0, 0.05) is 13.2 Å². The van der Waals surface area contributed by atoms with Gasteiger partial charge in [-0.1, -0.05) is 13.8 Å². The number of aliphatic hydroxyl groups is 1. The number of hydrogen-bond donors (Lipinski definition) is 3. The molecule has 0 aliphatic heterocycles. The molecule has 1 aliphatic carbocycles. The molecule has 0 aromatic carbocycles. The molecule has 0 aromatic heterocycles. The molecule has 0 radical (unpaired) electrons. The van der Waals surface area contributed by atoms with Crippen molar-refractivity contribution in [3.8, 4) is 0 Å². The van der Waals surface area contributed by atoms with E-state index in [-0.39, 0.29) is 12.5 Å². The molecule has 1 rings (SSSR count). The number of aliphatic hydroxyl groups excluding tert-OH is 1. The number of carbonyl (C=O) groups is 2. The van der Waals surface area contributed by atoms with Gasteiger partial charge in [0.1, 0.15) is 0 Å². The van der Waals surface area contributed by atoms with E-state index in [1.54, 1.807) is 13.8 Å². The van der Waals surface area contributed by atoms with Crippen LogP contribution in [0.4, 0.5) is 0 Å². The standard InChI is InChI=1S/C12H21NO5/c1-12(2)8(9(12)11(16)17)10(15)13-4-3-6-18-7-5-14/h8-9,14H,3-7H2,1-2H3,(H,13,15)(H,16,17)/t8-,9+/m1/s1. The van der Waals surface area contributed by atoms with E-state index in [1.807, 2.05) is 0 Å². The first kappa shape index (κ1) is 14.9. The summed E-state index contributed by atoms with van der Waals surface area (Å²) < 4.78 is 5.05. The largest absolute Gasteiger partial charge is 0.481 e. The topological polar surface area (TPSA) is 95.9 Å². The summed E-state index contributed by atoms with van der Waals surface area (Å²) in [5.74, 6) is -2.13. The molecule has 0 unspecified atom stereocenters. The van der Waals surface area contributed by atoms with Crippen LogP contribution in [0.2, 0.25) is 0 Å². The molecular formula is C12H21NO5. The van der Waals surface area contributed by atoms with Crippen LogP contribution in [0, 0.1) is 17.3 Å². The van der Waals surface area contributed by atoms with E-state index in [2.05, 4.69) is 5.32 Å². The van der Waals surface area contributed by atoms with Crippen molar-refractivity contribution in [1.82, 2.24) is 5.32 Å². The van der Waals surface area contributed by atoms with Crippen LogP contribution in [0.5, 0.6) is 0 Å². The highest BCUT2D eigenvalue weighted by Crippen LogP contribution is 2.58. The maximum Gasteiger partial charge on any atom is 0.307 e. The molecule has 0 aromatic rings. The van der Waals surface area contributed by atoms with Crippen LogP contribution >= 0.6 is 0 Å². The average Bonchev–Trinajstić information content (AvgIpc) is 2.86. The van der Waals surface area contributed by atoms with Crippen molar-refractivity contribution in [3.63, 3.8) is 0 Å². The van der Waals surface area contributed by atoms with Gasteiger partial charge in [0.05, 0.1) is 25.0 Å². The van der Waals surface area contributed by atoms with Gasteiger partial charge >= 0.3 is 5.97 Å². The predicted molar refractivity (Wildman–Crippen MR) is 63.9 cm³/mol. The van der Waals surface area contributed by atoms with Gasteiger partial charge in [0.2, 0.25) is 5.91 Å². The first-order valence-electron chi connectivity index (χ1n) is 6.12. The summed E-state index contributed by atoms with van der Waals surface area (Å²) in [6.45, 7) is 4.80. The summed E-state index contributed by atoms with van der Waals surface area (Å²) >= 11 is 0. The van der Waals surface area contributed by atoms with Gasteiger partial charge in [-0.05, 0) is 11.8 Å². The van der Waals surface area contributed by atoms with E-state index in [9.17, 15) is 9.59 Å². The fourth-order valence-corrected chi connectivity index (χ4v) is 2.25. The fraction of sp³-hybridized carbons (Fsp3) is 0.833. The fourth-order valence-electron chi connectivity index (χ4n) is 2.25. The third kappa shape index (κ3) is 3.43. The zero-order chi connectivity index (χ0) is 13.8. The molecule has 6 heteroatoms. The van der Waals surface area contributed by atoms with E-state index >= 15 is 0 Å². The second-order valence-corrected chi connectivity index (χ2v) is 5.10. The molecule has 1 aliphatic rings. The Balaban J connectivity index is 2.21. The third-order valence-electron chi connectivity index (χ3n) is 3.38. The van der Waals surface area contributed by atoms with Crippen LogP contribution in [0.25, 0.3) is 0 Å². The lowest BCUT2D eigenvalue weighted by molar-refractivity contribution is -0.140. The highest BCUT2D eigenvalue weighted by atomic mass is 16.5. The van der Waals surface area contributed by atoms with Crippen LogP contribution in [-0.2, 0) is 14.3 Å². The quantitative estimate of drug-likeness (QED) is 0.527. The van der Waals surface area contributed by atoms with Crippen LogP contribution in [0.1, 0.15) is 20.3 Å². The number of aliphatic carboxylic acids is 1. The Kier molecular flexibility index (Phi) is 5.10. The molecule has 0 saturated heterocycles. The molecular weight excluding hydrogens is 238 g/mol. The summed E-state index contributed by atoms with van der Waals surface area (Å²) in [4.78, 5) is 22.7. The monoisotopic (exact) mass is 259 g/mol. The number of nitrogens with one attached hydrogen (secondary N) is 1. The smallest absolute Gasteiger partial charge is 0.307 e. The number of carbonyl (C=O) groups excluding carboxylic acids is 1. The lowest BCUT2D eigenvalue weighted by Gasteiger charge is -2.06. The van der Waals surface area contributed by atoms with Crippen molar-refractivity contribution in [1.29, 1.82) is 0 Å². The number of ether oxygens (including phenoxy) is 1. The molecule has 2 atom stereocenters. The molecule has 0 heterocycles. The zero-order valence-corrected chi connectivity index (χ0v) is 10.8. The van der Waals surface area contributed by atoms with Crippen molar-refractivity contribution >= 4 is 11.9 Å². The minimum absolute atomic E-state index is 0.0110. The summed E-state index contributed by atoms with van der Waals surface area (Å²) in [6.07, 6.45) is 0.649. The van der Waals surface area contributed by atoms with Crippen molar-refractivity contribution in [2.24, 2.45) is 17.3 Å². The van der Waals surface area contributed by atoms with Crippen molar-refractivity contribution < 1.29 is 24.5 Å². The number of carboxylic acid groups (broad SMARTS) is 1. The molecule has 0 spiro atoms. The second-order valence-electron chi connectivity index (χ2n) is 5.10. The highest BCUT2D eigenvalue weighted by Gasteiger charge is 2.65. The lowest BCUT2D eigenvalue weighted by Crippen LogP contribution is -2.28. The zero-order valence-electron chi connectivity index (χ0n) is 10.8. The van der Waals surface area contributed by atoms with Crippen LogP contribution in [0.3, 0.4) is 0 Å². The molecule has 1 fully saturated rings. The van der Waals surface area contributed by atoms with Crippen LogP contribution in [-0.4, -0.2) is 48.5 Å². The van der Waals surface area contributed by atoms with Crippen molar-refractivity contribution in [2.45, 2.75) is 20.3 Å². The Morgan fingerprint density at radius 1 is 1.28 bits per heavy atom. The molecule has 6 nitrogen and oxygen atoms in total. The summed E-state index contributed by atoms with van der Waals surface area (Å²) in [5.41, 5.74) is -0.455.